The molecule has 5 heteroatoms. The molecule has 16 heavy (non-hydrogen) atoms. The molecule has 0 aromatic rings. The van der Waals surface area contributed by atoms with Gasteiger partial charge in [-0.1, -0.05) is 6.92 Å². The normalized spacial score (nSPS) is 13.1. The lowest BCUT2D eigenvalue weighted by atomic mass is 10.2. The molecule has 0 aliphatic heterocycles. The number of likely N-dealkylation sites (N-methyl/N-ethyl adjacent to an activating group) is 1. The van der Waals surface area contributed by atoms with Crippen molar-refractivity contribution in [2.75, 3.05) is 13.2 Å². The van der Waals surface area contributed by atoms with Crippen LogP contribution in [-0.4, -0.2) is 36.7 Å². The van der Waals surface area contributed by atoms with Crippen molar-refractivity contribution in [1.29, 1.82) is 0 Å². The van der Waals surface area contributed by atoms with Gasteiger partial charge in [-0.2, -0.15) is 0 Å². The van der Waals surface area contributed by atoms with Gasteiger partial charge in [0.15, 0.2) is 0 Å². The third kappa shape index (κ3) is 5.70. The summed E-state index contributed by atoms with van der Waals surface area (Å²) in [4.78, 5) is 23.2. The van der Waals surface area contributed by atoms with Crippen molar-refractivity contribution in [2.45, 2.75) is 46.3 Å². The Morgan fingerprint density at radius 3 is 2.12 bits per heavy atom. The maximum absolute atomic E-state index is 11.7. The van der Waals surface area contributed by atoms with Crippen LogP contribution in [0.3, 0.4) is 0 Å². The average molecular weight is 231 g/mol. The first-order valence-electron chi connectivity index (χ1n) is 5.44. The summed E-state index contributed by atoms with van der Waals surface area (Å²) in [6.07, 6.45) is 0. The van der Waals surface area contributed by atoms with Crippen molar-refractivity contribution in [3.8, 4) is 0 Å². The number of hydrogen-bond acceptors (Lipinski definition) is 5. The van der Waals surface area contributed by atoms with Gasteiger partial charge in [0, 0.05) is 0 Å². The lowest BCUT2D eigenvalue weighted by Crippen LogP contribution is -2.47. The van der Waals surface area contributed by atoms with E-state index >= 15 is 0 Å². The van der Waals surface area contributed by atoms with Crippen LogP contribution in [0.4, 0.5) is 0 Å². The van der Waals surface area contributed by atoms with Crippen LogP contribution in [0.2, 0.25) is 0 Å². The number of ether oxygens (including phenoxy) is 2. The van der Waals surface area contributed by atoms with E-state index in [2.05, 4.69) is 5.32 Å². The van der Waals surface area contributed by atoms with Gasteiger partial charge in [0.25, 0.3) is 0 Å². The zero-order valence-electron chi connectivity index (χ0n) is 10.6. The number of esters is 2. The predicted octanol–water partition coefficient (Wildman–Crippen LogP) is 0.869. The van der Waals surface area contributed by atoms with E-state index in [-0.39, 0.29) is 6.61 Å². The van der Waals surface area contributed by atoms with Crippen LogP contribution in [0.15, 0.2) is 0 Å². The summed E-state index contributed by atoms with van der Waals surface area (Å²) in [7, 11) is 0. The second kappa shape index (κ2) is 6.48. The van der Waals surface area contributed by atoms with Crippen LogP contribution in [0.5, 0.6) is 0 Å². The molecular formula is C11H21NO4. The molecule has 1 N–H and O–H groups in total. The number of rotatable bonds is 5. The second-order valence-electron chi connectivity index (χ2n) is 4.28. The first kappa shape index (κ1) is 14.9. The van der Waals surface area contributed by atoms with Gasteiger partial charge < -0.3 is 9.47 Å². The molecule has 0 saturated carbocycles. The minimum atomic E-state index is -1.04. The van der Waals surface area contributed by atoms with Crippen LogP contribution in [0.1, 0.15) is 34.6 Å². The van der Waals surface area contributed by atoms with Gasteiger partial charge in [-0.05, 0) is 34.2 Å². The number of nitrogens with one attached hydrogen (secondary N) is 1. The van der Waals surface area contributed by atoms with E-state index in [1.807, 2.05) is 0 Å². The van der Waals surface area contributed by atoms with E-state index in [0.717, 1.165) is 0 Å². The highest BCUT2D eigenvalue weighted by Gasteiger charge is 2.31. The molecule has 0 radical (unpaired) electrons. The van der Waals surface area contributed by atoms with Crippen molar-refractivity contribution in [3.05, 3.63) is 0 Å². The van der Waals surface area contributed by atoms with Crippen LogP contribution < -0.4 is 5.32 Å². The largest absolute Gasteiger partial charge is 0.464 e. The first-order valence-corrected chi connectivity index (χ1v) is 5.44. The molecule has 0 aromatic carbocycles. The molecule has 5 nitrogen and oxygen atoms in total. The van der Waals surface area contributed by atoms with Crippen molar-refractivity contribution in [1.82, 2.24) is 5.32 Å². The van der Waals surface area contributed by atoms with Gasteiger partial charge >= 0.3 is 11.9 Å². The van der Waals surface area contributed by atoms with Crippen molar-refractivity contribution in [3.63, 3.8) is 0 Å². The van der Waals surface area contributed by atoms with E-state index in [1.165, 1.54) is 0 Å². The molecule has 0 bridgehead atoms. The van der Waals surface area contributed by atoms with Crippen LogP contribution >= 0.6 is 0 Å². The number of carbonyl (C=O) groups is 2. The third-order valence-corrected chi connectivity index (χ3v) is 1.57. The Balaban J connectivity index is 4.52. The summed E-state index contributed by atoms with van der Waals surface area (Å²) in [5, 5.41) is 2.74. The average Bonchev–Trinajstić information content (AvgIpc) is 2.11. The molecule has 0 unspecified atom stereocenters. The first-order chi connectivity index (χ1) is 7.31. The second-order valence-corrected chi connectivity index (χ2v) is 4.28. The summed E-state index contributed by atoms with van der Waals surface area (Å²) < 4.78 is 9.91. The highest BCUT2D eigenvalue weighted by atomic mass is 16.6. The van der Waals surface area contributed by atoms with Gasteiger partial charge in [0.05, 0.1) is 6.61 Å². The maximum atomic E-state index is 11.7. The van der Waals surface area contributed by atoms with Crippen molar-refractivity contribution >= 4 is 11.9 Å². The Hall–Kier alpha value is -1.10. The molecule has 94 valence electrons. The van der Waals surface area contributed by atoms with E-state index in [4.69, 9.17) is 9.47 Å². The molecule has 0 saturated heterocycles. The summed E-state index contributed by atoms with van der Waals surface area (Å²) in [6, 6.07) is -1.04. The Bertz CT molecular complexity index is 245. The Labute approximate surface area is 96.5 Å². The molecule has 0 aromatic heterocycles. The number of carbonyl (C=O) groups excluding carboxylic acids is 2. The fourth-order valence-electron chi connectivity index (χ4n) is 1.05. The summed E-state index contributed by atoms with van der Waals surface area (Å²) in [5.41, 5.74) is -0.614. The Kier molecular flexibility index (Phi) is 6.03. The molecule has 0 aliphatic rings. The SMILES string of the molecule is CCN[C@H](C(=O)OCC)C(=O)OC(C)(C)C. The van der Waals surface area contributed by atoms with E-state index in [9.17, 15) is 9.59 Å². The third-order valence-electron chi connectivity index (χ3n) is 1.57. The zero-order chi connectivity index (χ0) is 12.8. The number of hydrogen-bond donors (Lipinski definition) is 1. The lowest BCUT2D eigenvalue weighted by molar-refractivity contribution is -0.165. The van der Waals surface area contributed by atoms with Crippen LogP contribution in [-0.2, 0) is 19.1 Å². The van der Waals surface area contributed by atoms with Gasteiger partial charge in [-0.3, -0.25) is 5.32 Å². The monoisotopic (exact) mass is 231 g/mol. The maximum Gasteiger partial charge on any atom is 0.335 e. The van der Waals surface area contributed by atoms with Gasteiger partial charge in [0.1, 0.15) is 5.60 Å². The minimum absolute atomic E-state index is 0.240. The summed E-state index contributed by atoms with van der Waals surface area (Å²) in [6.45, 7) is 9.47. The topological polar surface area (TPSA) is 64.6 Å². The zero-order valence-corrected chi connectivity index (χ0v) is 10.6. The molecular weight excluding hydrogens is 210 g/mol. The fraction of sp³-hybridized carbons (Fsp3) is 0.818. The van der Waals surface area contributed by atoms with Crippen LogP contribution in [0, 0.1) is 0 Å². The van der Waals surface area contributed by atoms with Crippen LogP contribution in [0.25, 0.3) is 0 Å². The lowest BCUT2D eigenvalue weighted by Gasteiger charge is -2.23. The van der Waals surface area contributed by atoms with E-state index in [1.54, 1.807) is 34.6 Å². The molecule has 0 amide bonds. The molecule has 1 atom stereocenters. The van der Waals surface area contributed by atoms with Crippen molar-refractivity contribution < 1.29 is 19.1 Å². The smallest absolute Gasteiger partial charge is 0.335 e. The molecule has 0 aliphatic carbocycles. The summed E-state index contributed by atoms with van der Waals surface area (Å²) in [5.74, 6) is -1.20. The molecule has 0 heterocycles. The highest BCUT2D eigenvalue weighted by Crippen LogP contribution is 2.09. The van der Waals surface area contributed by atoms with Gasteiger partial charge in [-0.25, -0.2) is 9.59 Å². The van der Waals surface area contributed by atoms with E-state index < -0.39 is 23.6 Å². The standard InChI is InChI=1S/C11H21NO4/c1-6-12-8(9(13)15-7-2)10(14)16-11(3,4)5/h8,12H,6-7H2,1-5H3/t8-/m1/s1. The quantitative estimate of drug-likeness (QED) is 0.562. The Morgan fingerprint density at radius 2 is 1.75 bits per heavy atom. The van der Waals surface area contributed by atoms with Gasteiger partial charge in [-0.15, -0.1) is 0 Å². The highest BCUT2D eigenvalue weighted by molar-refractivity contribution is 5.99. The predicted molar refractivity (Wildman–Crippen MR) is 59.9 cm³/mol. The molecule has 0 rings (SSSR count). The Morgan fingerprint density at radius 1 is 1.19 bits per heavy atom. The fourth-order valence-corrected chi connectivity index (χ4v) is 1.05. The molecule has 0 spiro atoms. The summed E-state index contributed by atoms with van der Waals surface area (Å²) >= 11 is 0. The molecule has 0 fully saturated rings. The minimum Gasteiger partial charge on any atom is -0.464 e. The van der Waals surface area contributed by atoms with Gasteiger partial charge in [0.2, 0.25) is 6.04 Å². The van der Waals surface area contributed by atoms with E-state index in [0.29, 0.717) is 6.54 Å². The van der Waals surface area contributed by atoms with Crippen molar-refractivity contribution in [2.24, 2.45) is 0 Å².